The Kier molecular flexibility index (Phi) is 3.52. The van der Waals surface area contributed by atoms with Crippen molar-refractivity contribution in [1.29, 1.82) is 0 Å². The summed E-state index contributed by atoms with van der Waals surface area (Å²) in [6.07, 6.45) is 4.71. The highest BCUT2D eigenvalue weighted by Crippen LogP contribution is 2.19. The first-order valence-corrected chi connectivity index (χ1v) is 7.07. The zero-order valence-electron chi connectivity index (χ0n) is 12.2. The van der Waals surface area contributed by atoms with Gasteiger partial charge in [0.2, 0.25) is 0 Å². The van der Waals surface area contributed by atoms with Gasteiger partial charge in [0.15, 0.2) is 5.78 Å². The van der Waals surface area contributed by atoms with E-state index in [1.54, 1.807) is 10.9 Å². The van der Waals surface area contributed by atoms with E-state index >= 15 is 0 Å². The second-order valence-corrected chi connectivity index (χ2v) is 5.10. The lowest BCUT2D eigenvalue weighted by atomic mass is 10.00. The van der Waals surface area contributed by atoms with Crippen molar-refractivity contribution in [1.82, 2.24) is 14.8 Å². The zero-order valence-corrected chi connectivity index (χ0v) is 12.2. The van der Waals surface area contributed by atoms with E-state index in [1.807, 2.05) is 50.5 Å². The van der Waals surface area contributed by atoms with Gasteiger partial charge in [-0.05, 0) is 24.1 Å². The number of hydrogen-bond donors (Lipinski definition) is 0. The maximum Gasteiger partial charge on any atom is 0.170 e. The summed E-state index contributed by atoms with van der Waals surface area (Å²) in [6.45, 7) is 2.01. The molecule has 0 N–H and O–H groups in total. The van der Waals surface area contributed by atoms with Gasteiger partial charge in [-0.15, -0.1) is 0 Å². The van der Waals surface area contributed by atoms with E-state index in [0.29, 0.717) is 6.42 Å². The second kappa shape index (κ2) is 5.48. The van der Waals surface area contributed by atoms with E-state index in [9.17, 15) is 4.79 Å². The Morgan fingerprint density at radius 2 is 2.05 bits per heavy atom. The van der Waals surface area contributed by atoms with Gasteiger partial charge < -0.3 is 0 Å². The molecular formula is C17H17N3O. The summed E-state index contributed by atoms with van der Waals surface area (Å²) in [6, 6.07) is 9.82. The van der Waals surface area contributed by atoms with Crippen molar-refractivity contribution in [2.75, 3.05) is 0 Å². The fourth-order valence-electron chi connectivity index (χ4n) is 2.61. The van der Waals surface area contributed by atoms with Crippen LogP contribution in [0.2, 0.25) is 0 Å². The van der Waals surface area contributed by atoms with Crippen LogP contribution in [0.5, 0.6) is 0 Å². The minimum atomic E-state index is 0.108. The first kappa shape index (κ1) is 13.5. The number of ketones is 1. The number of carbonyl (C=O) groups excluding carboxylic acids is 1. The zero-order chi connectivity index (χ0) is 14.8. The minimum absolute atomic E-state index is 0.108. The number of fused-ring (bicyclic) bond motifs is 1. The third-order valence-electron chi connectivity index (χ3n) is 3.63. The maximum absolute atomic E-state index is 12.6. The lowest BCUT2D eigenvalue weighted by molar-refractivity contribution is 0.0992. The molecule has 0 atom stereocenters. The lowest BCUT2D eigenvalue weighted by Gasteiger charge is -2.05. The molecule has 2 aromatic heterocycles. The molecule has 0 saturated heterocycles. The molecule has 4 heteroatoms. The average molecular weight is 279 g/mol. The van der Waals surface area contributed by atoms with E-state index in [-0.39, 0.29) is 5.78 Å². The molecule has 0 aliphatic rings. The Labute approximate surface area is 123 Å². The molecule has 106 valence electrons. The van der Waals surface area contributed by atoms with Crippen LogP contribution in [0.25, 0.3) is 10.9 Å². The molecule has 0 bridgehead atoms. The van der Waals surface area contributed by atoms with Gasteiger partial charge in [0.05, 0.1) is 16.8 Å². The number of para-hydroxylation sites is 1. The summed E-state index contributed by atoms with van der Waals surface area (Å²) in [7, 11) is 1.85. The highest BCUT2D eigenvalue weighted by Gasteiger charge is 2.15. The second-order valence-electron chi connectivity index (χ2n) is 5.10. The fraction of sp³-hybridized carbons (Fsp3) is 0.235. The van der Waals surface area contributed by atoms with Crippen molar-refractivity contribution < 1.29 is 4.79 Å². The quantitative estimate of drug-likeness (QED) is 0.690. The van der Waals surface area contributed by atoms with Crippen LogP contribution >= 0.6 is 0 Å². The van der Waals surface area contributed by atoms with Gasteiger partial charge in [-0.3, -0.25) is 14.5 Å². The molecule has 2 heterocycles. The van der Waals surface area contributed by atoms with Crippen LogP contribution in [-0.2, 0) is 19.9 Å². The minimum Gasteiger partial charge on any atom is -0.294 e. The van der Waals surface area contributed by atoms with Crippen LogP contribution in [0.4, 0.5) is 0 Å². The normalized spacial score (nSPS) is 11.0. The van der Waals surface area contributed by atoms with Crippen molar-refractivity contribution >= 4 is 16.7 Å². The number of aryl methyl sites for hydroxylation is 2. The monoisotopic (exact) mass is 279 g/mol. The molecule has 0 unspecified atom stereocenters. The number of aromatic nitrogens is 3. The smallest absolute Gasteiger partial charge is 0.170 e. The SMILES string of the molecule is CCc1nn(C)cc1C(=O)Cc1ccnc2ccccc12. The topological polar surface area (TPSA) is 47.8 Å². The number of pyridine rings is 1. The number of Topliss-reactive ketones (excluding diaryl/α,β-unsaturated/α-hetero) is 1. The number of nitrogens with zero attached hydrogens (tertiary/aromatic N) is 3. The molecule has 0 aliphatic heterocycles. The van der Waals surface area contributed by atoms with Gasteiger partial charge in [-0.2, -0.15) is 5.10 Å². The number of benzene rings is 1. The molecule has 0 radical (unpaired) electrons. The lowest BCUT2D eigenvalue weighted by Crippen LogP contribution is -2.06. The summed E-state index contributed by atoms with van der Waals surface area (Å²) >= 11 is 0. The average Bonchev–Trinajstić information content (AvgIpc) is 2.89. The molecule has 3 rings (SSSR count). The number of rotatable bonds is 4. The van der Waals surface area contributed by atoms with Gasteiger partial charge in [-0.25, -0.2) is 0 Å². The predicted molar refractivity (Wildman–Crippen MR) is 82.4 cm³/mol. The van der Waals surface area contributed by atoms with E-state index in [0.717, 1.165) is 34.1 Å². The van der Waals surface area contributed by atoms with Gasteiger partial charge in [0.25, 0.3) is 0 Å². The molecule has 4 nitrogen and oxygen atoms in total. The van der Waals surface area contributed by atoms with Gasteiger partial charge in [0, 0.05) is 31.2 Å². The van der Waals surface area contributed by atoms with E-state index in [4.69, 9.17) is 0 Å². The third kappa shape index (κ3) is 2.57. The van der Waals surface area contributed by atoms with Crippen LogP contribution in [0.3, 0.4) is 0 Å². The van der Waals surface area contributed by atoms with E-state index in [1.165, 1.54) is 0 Å². The predicted octanol–water partition coefficient (Wildman–Crippen LogP) is 2.96. The van der Waals surface area contributed by atoms with Gasteiger partial charge >= 0.3 is 0 Å². The van der Waals surface area contributed by atoms with Crippen LogP contribution in [0.1, 0.15) is 28.5 Å². The highest BCUT2D eigenvalue weighted by atomic mass is 16.1. The standard InChI is InChI=1S/C17H17N3O/c1-3-15-14(11-20(2)19-15)17(21)10-12-8-9-18-16-7-5-4-6-13(12)16/h4-9,11H,3,10H2,1-2H3. The van der Waals surface area contributed by atoms with E-state index in [2.05, 4.69) is 10.1 Å². The highest BCUT2D eigenvalue weighted by molar-refractivity contribution is 6.00. The molecule has 0 aliphatic carbocycles. The summed E-state index contributed by atoms with van der Waals surface area (Å²) in [5.41, 5.74) is 3.52. The van der Waals surface area contributed by atoms with Crippen molar-refractivity contribution in [3.05, 3.63) is 59.5 Å². The molecule has 0 spiro atoms. The molecule has 21 heavy (non-hydrogen) atoms. The third-order valence-corrected chi connectivity index (χ3v) is 3.63. The Bertz CT molecular complexity index is 799. The largest absolute Gasteiger partial charge is 0.294 e. The summed E-state index contributed by atoms with van der Waals surface area (Å²) in [5.74, 6) is 0.108. The van der Waals surface area contributed by atoms with Crippen molar-refractivity contribution in [3.8, 4) is 0 Å². The Morgan fingerprint density at radius 3 is 2.86 bits per heavy atom. The Balaban J connectivity index is 1.96. The Morgan fingerprint density at radius 1 is 1.24 bits per heavy atom. The van der Waals surface area contributed by atoms with Crippen molar-refractivity contribution in [3.63, 3.8) is 0 Å². The number of hydrogen-bond acceptors (Lipinski definition) is 3. The molecular weight excluding hydrogens is 262 g/mol. The van der Waals surface area contributed by atoms with Gasteiger partial charge in [0.1, 0.15) is 0 Å². The van der Waals surface area contributed by atoms with Crippen LogP contribution in [-0.4, -0.2) is 20.5 Å². The fourth-order valence-corrected chi connectivity index (χ4v) is 2.61. The summed E-state index contributed by atoms with van der Waals surface area (Å²) in [4.78, 5) is 16.9. The summed E-state index contributed by atoms with van der Waals surface area (Å²) < 4.78 is 1.71. The first-order chi connectivity index (χ1) is 10.2. The van der Waals surface area contributed by atoms with Crippen LogP contribution in [0.15, 0.2) is 42.7 Å². The van der Waals surface area contributed by atoms with Crippen LogP contribution in [0, 0.1) is 0 Å². The first-order valence-electron chi connectivity index (χ1n) is 7.07. The molecule has 0 fully saturated rings. The maximum atomic E-state index is 12.6. The summed E-state index contributed by atoms with van der Waals surface area (Å²) in [5, 5.41) is 5.37. The molecule has 3 aromatic rings. The molecule has 1 aromatic carbocycles. The molecule has 0 amide bonds. The van der Waals surface area contributed by atoms with Gasteiger partial charge in [-0.1, -0.05) is 25.1 Å². The van der Waals surface area contributed by atoms with Crippen molar-refractivity contribution in [2.24, 2.45) is 7.05 Å². The van der Waals surface area contributed by atoms with Crippen LogP contribution < -0.4 is 0 Å². The van der Waals surface area contributed by atoms with E-state index < -0.39 is 0 Å². The molecule has 0 saturated carbocycles. The Hall–Kier alpha value is -2.49. The van der Waals surface area contributed by atoms with Crippen molar-refractivity contribution in [2.45, 2.75) is 19.8 Å². The number of carbonyl (C=O) groups is 1.